The van der Waals surface area contributed by atoms with Crippen molar-refractivity contribution in [2.24, 2.45) is 0 Å². The molecule has 6 heteroatoms. The van der Waals surface area contributed by atoms with Gasteiger partial charge in [0, 0.05) is 24.6 Å². The van der Waals surface area contributed by atoms with Gasteiger partial charge in [0.25, 0.3) is 0 Å². The Kier molecular flexibility index (Phi) is 4.57. The van der Waals surface area contributed by atoms with E-state index in [0.717, 1.165) is 0 Å². The molecule has 1 aliphatic heterocycles. The van der Waals surface area contributed by atoms with E-state index < -0.39 is 6.09 Å². The lowest BCUT2D eigenvalue weighted by atomic mass is 10.1. The Morgan fingerprint density at radius 1 is 1.33 bits per heavy atom. The summed E-state index contributed by atoms with van der Waals surface area (Å²) in [5, 5.41) is 2.62. The lowest BCUT2D eigenvalue weighted by Gasteiger charge is -2.13. The Hall–Kier alpha value is -2.37. The van der Waals surface area contributed by atoms with Crippen LogP contribution in [0.2, 0.25) is 0 Å². The van der Waals surface area contributed by atoms with E-state index in [1.54, 1.807) is 31.2 Å². The average molecular weight is 290 g/mol. The van der Waals surface area contributed by atoms with Crippen molar-refractivity contribution in [3.63, 3.8) is 0 Å². The third-order valence-corrected chi connectivity index (χ3v) is 3.27. The van der Waals surface area contributed by atoms with Gasteiger partial charge in [-0.25, -0.2) is 4.79 Å². The minimum Gasteiger partial charge on any atom is -0.442 e. The van der Waals surface area contributed by atoms with Crippen LogP contribution in [-0.4, -0.2) is 37.0 Å². The fraction of sp³-hybridized carbons (Fsp3) is 0.400. The van der Waals surface area contributed by atoms with E-state index in [1.807, 2.05) is 0 Å². The maximum atomic E-state index is 11.8. The summed E-state index contributed by atoms with van der Waals surface area (Å²) in [7, 11) is 0. The van der Waals surface area contributed by atoms with E-state index >= 15 is 0 Å². The minimum absolute atomic E-state index is 0.0640. The number of ether oxygens (including phenoxy) is 1. The molecule has 1 fully saturated rings. The number of carbonyl (C=O) groups excluding carboxylic acids is 3. The summed E-state index contributed by atoms with van der Waals surface area (Å²) in [5.41, 5.74) is 1.31. The molecule has 21 heavy (non-hydrogen) atoms. The summed E-state index contributed by atoms with van der Waals surface area (Å²) in [5.74, 6) is -0.0963. The largest absolute Gasteiger partial charge is 0.442 e. The SMILES string of the molecule is CCC(=O)c1ccc(N2C[C@H](CNC(C)=O)OC2=O)cc1. The summed E-state index contributed by atoms with van der Waals surface area (Å²) in [4.78, 5) is 35.8. The molecule has 6 nitrogen and oxygen atoms in total. The molecule has 2 rings (SSSR count). The second kappa shape index (κ2) is 6.39. The summed E-state index contributed by atoms with van der Waals surface area (Å²) in [6.45, 7) is 3.89. The molecule has 0 aromatic heterocycles. The van der Waals surface area contributed by atoms with E-state index in [1.165, 1.54) is 11.8 Å². The lowest BCUT2D eigenvalue weighted by Crippen LogP contribution is -2.33. The fourth-order valence-electron chi connectivity index (χ4n) is 2.13. The van der Waals surface area contributed by atoms with Crippen molar-refractivity contribution in [1.29, 1.82) is 0 Å². The Morgan fingerprint density at radius 2 is 2.00 bits per heavy atom. The molecule has 1 N–H and O–H groups in total. The minimum atomic E-state index is -0.445. The van der Waals surface area contributed by atoms with Crippen LogP contribution < -0.4 is 10.2 Å². The zero-order valence-corrected chi connectivity index (χ0v) is 12.1. The number of amides is 2. The number of Topliss-reactive ketones (excluding diaryl/α,β-unsaturated/α-hetero) is 1. The molecule has 0 unspecified atom stereocenters. The van der Waals surface area contributed by atoms with Crippen molar-refractivity contribution >= 4 is 23.5 Å². The van der Waals surface area contributed by atoms with E-state index in [-0.39, 0.29) is 17.8 Å². The molecule has 1 heterocycles. The van der Waals surface area contributed by atoms with E-state index in [2.05, 4.69) is 5.32 Å². The molecule has 1 saturated heterocycles. The summed E-state index contributed by atoms with van der Waals surface area (Å²) >= 11 is 0. The highest BCUT2D eigenvalue weighted by Gasteiger charge is 2.32. The predicted molar refractivity (Wildman–Crippen MR) is 77.4 cm³/mol. The van der Waals surface area contributed by atoms with Crippen LogP contribution in [0.25, 0.3) is 0 Å². The molecule has 1 aromatic rings. The van der Waals surface area contributed by atoms with Gasteiger partial charge in [0.2, 0.25) is 5.91 Å². The fourth-order valence-corrected chi connectivity index (χ4v) is 2.13. The third-order valence-electron chi connectivity index (χ3n) is 3.27. The van der Waals surface area contributed by atoms with Gasteiger partial charge in [-0.1, -0.05) is 6.92 Å². The summed E-state index contributed by atoms with van der Waals surface area (Å²) in [6.07, 6.45) is -0.359. The number of benzene rings is 1. The molecule has 1 aliphatic rings. The van der Waals surface area contributed by atoms with Crippen molar-refractivity contribution in [2.75, 3.05) is 18.0 Å². The normalized spacial score (nSPS) is 17.5. The van der Waals surface area contributed by atoms with Gasteiger partial charge in [-0.15, -0.1) is 0 Å². The lowest BCUT2D eigenvalue weighted by molar-refractivity contribution is -0.119. The summed E-state index contributed by atoms with van der Waals surface area (Å²) < 4.78 is 5.18. The van der Waals surface area contributed by atoms with Gasteiger partial charge in [-0.3, -0.25) is 14.5 Å². The van der Waals surface area contributed by atoms with Gasteiger partial charge in [0.15, 0.2) is 5.78 Å². The van der Waals surface area contributed by atoms with Crippen molar-refractivity contribution in [3.05, 3.63) is 29.8 Å². The molecule has 0 bridgehead atoms. The number of nitrogens with zero attached hydrogens (tertiary/aromatic N) is 1. The number of rotatable bonds is 5. The highest BCUT2D eigenvalue weighted by molar-refractivity contribution is 5.97. The zero-order valence-electron chi connectivity index (χ0n) is 12.1. The molecule has 1 atom stereocenters. The quantitative estimate of drug-likeness (QED) is 0.838. The molecular formula is C15H18N2O4. The van der Waals surface area contributed by atoms with Gasteiger partial charge in [0.1, 0.15) is 6.10 Å². The molecule has 0 aliphatic carbocycles. The monoisotopic (exact) mass is 290 g/mol. The highest BCUT2D eigenvalue weighted by atomic mass is 16.6. The van der Waals surface area contributed by atoms with Gasteiger partial charge in [0.05, 0.1) is 13.1 Å². The third kappa shape index (κ3) is 3.59. The number of carbonyl (C=O) groups is 3. The second-order valence-corrected chi connectivity index (χ2v) is 4.88. The van der Waals surface area contributed by atoms with Crippen molar-refractivity contribution in [3.8, 4) is 0 Å². The van der Waals surface area contributed by atoms with Crippen molar-refractivity contribution in [1.82, 2.24) is 5.32 Å². The molecule has 0 spiro atoms. The van der Waals surface area contributed by atoms with Crippen LogP contribution in [0.1, 0.15) is 30.6 Å². The molecular weight excluding hydrogens is 272 g/mol. The van der Waals surface area contributed by atoms with Gasteiger partial charge >= 0.3 is 6.09 Å². The number of hydrogen-bond acceptors (Lipinski definition) is 4. The van der Waals surface area contributed by atoms with Crippen LogP contribution in [-0.2, 0) is 9.53 Å². The first-order valence-electron chi connectivity index (χ1n) is 6.87. The topological polar surface area (TPSA) is 75.7 Å². The zero-order chi connectivity index (χ0) is 15.4. The van der Waals surface area contributed by atoms with Gasteiger partial charge in [-0.2, -0.15) is 0 Å². The van der Waals surface area contributed by atoms with Gasteiger partial charge < -0.3 is 10.1 Å². The number of nitrogens with one attached hydrogen (secondary N) is 1. The van der Waals surface area contributed by atoms with Crippen LogP contribution in [0.4, 0.5) is 10.5 Å². The van der Waals surface area contributed by atoms with Crippen LogP contribution in [0, 0.1) is 0 Å². The average Bonchev–Trinajstić information content (AvgIpc) is 2.85. The number of cyclic esters (lactones) is 1. The van der Waals surface area contributed by atoms with Crippen molar-refractivity contribution in [2.45, 2.75) is 26.4 Å². The maximum absolute atomic E-state index is 11.8. The van der Waals surface area contributed by atoms with Gasteiger partial charge in [-0.05, 0) is 24.3 Å². The Balaban J connectivity index is 2.03. The molecule has 0 saturated carbocycles. The summed E-state index contributed by atoms with van der Waals surface area (Å²) in [6, 6.07) is 6.86. The number of anilines is 1. The van der Waals surface area contributed by atoms with Crippen LogP contribution in [0.3, 0.4) is 0 Å². The van der Waals surface area contributed by atoms with Crippen LogP contribution >= 0.6 is 0 Å². The Morgan fingerprint density at radius 3 is 2.57 bits per heavy atom. The second-order valence-electron chi connectivity index (χ2n) is 4.88. The van der Waals surface area contributed by atoms with E-state index in [4.69, 9.17) is 4.74 Å². The first kappa shape index (κ1) is 15.0. The number of ketones is 1. The molecule has 112 valence electrons. The number of hydrogen-bond donors (Lipinski definition) is 1. The van der Waals surface area contributed by atoms with Crippen LogP contribution in [0.15, 0.2) is 24.3 Å². The Bertz CT molecular complexity index is 553. The first-order chi connectivity index (χ1) is 10.0. The molecule has 2 amide bonds. The predicted octanol–water partition coefficient (Wildman–Crippen LogP) is 1.74. The van der Waals surface area contributed by atoms with Crippen molar-refractivity contribution < 1.29 is 19.1 Å². The Labute approximate surface area is 123 Å². The standard InChI is InChI=1S/C15H18N2O4/c1-3-14(19)11-4-6-12(7-5-11)17-9-13(21-15(17)20)8-16-10(2)18/h4-7,13H,3,8-9H2,1-2H3,(H,16,18)/t13-/m0/s1. The molecule has 1 aromatic carbocycles. The van der Waals surface area contributed by atoms with E-state index in [0.29, 0.717) is 30.8 Å². The maximum Gasteiger partial charge on any atom is 0.414 e. The van der Waals surface area contributed by atoms with Crippen LogP contribution in [0.5, 0.6) is 0 Å². The highest BCUT2D eigenvalue weighted by Crippen LogP contribution is 2.22. The smallest absolute Gasteiger partial charge is 0.414 e. The first-order valence-corrected chi connectivity index (χ1v) is 6.87. The molecule has 0 radical (unpaired) electrons. The van der Waals surface area contributed by atoms with E-state index in [9.17, 15) is 14.4 Å².